The maximum Gasteiger partial charge on any atom is 0.265 e. The topological polar surface area (TPSA) is 58.6 Å². The van der Waals surface area contributed by atoms with Gasteiger partial charge in [0.25, 0.3) is 11.8 Å². The molecule has 0 aromatic heterocycles. The number of hydrogen-bond donors (Lipinski definition) is 1. The summed E-state index contributed by atoms with van der Waals surface area (Å²) < 4.78 is 18.9. The van der Waals surface area contributed by atoms with Crippen LogP contribution in [0.15, 0.2) is 66.7 Å². The maximum absolute atomic E-state index is 13.4. The third-order valence-electron chi connectivity index (χ3n) is 4.48. The van der Waals surface area contributed by atoms with Gasteiger partial charge in [-0.15, -0.1) is 0 Å². The van der Waals surface area contributed by atoms with Crippen LogP contribution in [-0.4, -0.2) is 18.4 Å². The Kier molecular flexibility index (Phi) is 5.18. The second-order valence-corrected chi connectivity index (χ2v) is 6.98. The van der Waals surface area contributed by atoms with Crippen molar-refractivity contribution in [2.45, 2.75) is 6.54 Å². The first-order valence-corrected chi connectivity index (χ1v) is 9.26. The molecule has 1 aliphatic heterocycles. The molecule has 4 rings (SSSR count). The molecule has 29 heavy (non-hydrogen) atoms. The van der Waals surface area contributed by atoms with Gasteiger partial charge in [0.1, 0.15) is 11.6 Å². The zero-order valence-electron chi connectivity index (χ0n) is 15.2. The van der Waals surface area contributed by atoms with E-state index in [2.05, 4.69) is 5.32 Å². The zero-order chi connectivity index (χ0) is 20.4. The Labute approximate surface area is 171 Å². The summed E-state index contributed by atoms with van der Waals surface area (Å²) in [6.45, 7) is 0.250. The molecule has 3 aromatic carbocycles. The monoisotopic (exact) mass is 410 g/mol. The molecule has 1 heterocycles. The van der Waals surface area contributed by atoms with Crippen molar-refractivity contribution in [3.63, 3.8) is 0 Å². The molecule has 146 valence electrons. The van der Waals surface area contributed by atoms with Gasteiger partial charge in [-0.25, -0.2) is 4.39 Å². The third kappa shape index (κ3) is 4.22. The summed E-state index contributed by atoms with van der Waals surface area (Å²) in [5.41, 5.74) is 2.07. The van der Waals surface area contributed by atoms with Crippen LogP contribution in [0.5, 0.6) is 5.75 Å². The number of nitrogens with zero attached hydrogens (tertiary/aromatic N) is 1. The average molecular weight is 411 g/mol. The molecule has 0 saturated carbocycles. The molecule has 0 saturated heterocycles. The second kappa shape index (κ2) is 7.93. The van der Waals surface area contributed by atoms with Gasteiger partial charge in [0.2, 0.25) is 0 Å². The van der Waals surface area contributed by atoms with Gasteiger partial charge in [-0.05, 0) is 54.1 Å². The largest absolute Gasteiger partial charge is 0.482 e. The van der Waals surface area contributed by atoms with E-state index in [9.17, 15) is 14.0 Å². The predicted molar refractivity (Wildman–Crippen MR) is 109 cm³/mol. The van der Waals surface area contributed by atoms with Crippen LogP contribution < -0.4 is 15.0 Å². The van der Waals surface area contributed by atoms with E-state index in [4.69, 9.17) is 16.3 Å². The summed E-state index contributed by atoms with van der Waals surface area (Å²) in [4.78, 5) is 26.5. The standard InChI is InChI=1S/C22H16ClFN2O3/c23-16-5-1-3-14(9-16)12-26-19-11-18(7-8-20(19)29-13-21(26)27)25-22(28)15-4-2-6-17(24)10-15/h1-11H,12-13H2,(H,25,28). The van der Waals surface area contributed by atoms with Crippen molar-refractivity contribution in [2.75, 3.05) is 16.8 Å². The molecule has 1 N–H and O–H groups in total. The summed E-state index contributed by atoms with van der Waals surface area (Å²) >= 11 is 6.05. The molecule has 2 amide bonds. The Hall–Kier alpha value is -3.38. The lowest BCUT2D eigenvalue weighted by Crippen LogP contribution is -2.38. The lowest BCUT2D eigenvalue weighted by Gasteiger charge is -2.30. The van der Waals surface area contributed by atoms with Gasteiger partial charge in [-0.1, -0.05) is 29.8 Å². The Morgan fingerprint density at radius 3 is 2.72 bits per heavy atom. The molecule has 1 aliphatic rings. The van der Waals surface area contributed by atoms with Crippen molar-refractivity contribution in [3.8, 4) is 5.75 Å². The lowest BCUT2D eigenvalue weighted by molar-refractivity contribution is -0.121. The number of nitrogens with one attached hydrogen (secondary N) is 1. The molecule has 0 fully saturated rings. The Morgan fingerprint density at radius 2 is 1.93 bits per heavy atom. The number of ether oxygens (including phenoxy) is 1. The Morgan fingerprint density at radius 1 is 1.10 bits per heavy atom. The minimum absolute atomic E-state index is 0.0669. The van der Waals surface area contributed by atoms with Crippen LogP contribution in [-0.2, 0) is 11.3 Å². The van der Waals surface area contributed by atoms with E-state index in [0.717, 1.165) is 11.6 Å². The molecule has 0 unspecified atom stereocenters. The fourth-order valence-electron chi connectivity index (χ4n) is 3.10. The SMILES string of the molecule is O=C(Nc1ccc2c(c1)N(Cc1cccc(Cl)c1)C(=O)CO2)c1cccc(F)c1. The number of carbonyl (C=O) groups is 2. The van der Waals surface area contributed by atoms with Gasteiger partial charge in [0, 0.05) is 16.3 Å². The average Bonchev–Trinajstić information content (AvgIpc) is 2.70. The Balaban J connectivity index is 1.61. The maximum atomic E-state index is 13.4. The van der Waals surface area contributed by atoms with Crippen molar-refractivity contribution in [1.29, 1.82) is 0 Å². The first-order chi connectivity index (χ1) is 14.0. The minimum atomic E-state index is -0.491. The summed E-state index contributed by atoms with van der Waals surface area (Å²) in [6, 6.07) is 17.7. The fourth-order valence-corrected chi connectivity index (χ4v) is 3.32. The van der Waals surface area contributed by atoms with E-state index in [1.807, 2.05) is 12.1 Å². The summed E-state index contributed by atoms with van der Waals surface area (Å²) in [6.07, 6.45) is 0. The Bertz CT molecular complexity index is 1100. The highest BCUT2D eigenvalue weighted by Gasteiger charge is 2.26. The first-order valence-electron chi connectivity index (χ1n) is 8.88. The quantitative estimate of drug-likeness (QED) is 0.680. The van der Waals surface area contributed by atoms with Gasteiger partial charge in [0.05, 0.1) is 12.2 Å². The van der Waals surface area contributed by atoms with Gasteiger partial charge in [0.15, 0.2) is 6.61 Å². The normalized spacial score (nSPS) is 12.9. The van der Waals surface area contributed by atoms with Crippen molar-refractivity contribution < 1.29 is 18.7 Å². The number of fused-ring (bicyclic) bond motifs is 1. The molecule has 0 aliphatic carbocycles. The molecule has 7 heteroatoms. The highest BCUT2D eigenvalue weighted by Crippen LogP contribution is 2.35. The molecule has 0 atom stereocenters. The molecule has 0 spiro atoms. The summed E-state index contributed by atoms with van der Waals surface area (Å²) in [5, 5.41) is 3.31. The third-order valence-corrected chi connectivity index (χ3v) is 4.71. The van der Waals surface area contributed by atoms with Gasteiger partial charge in [-0.2, -0.15) is 0 Å². The first kappa shape index (κ1) is 19.0. The van der Waals surface area contributed by atoms with E-state index in [1.165, 1.54) is 18.2 Å². The summed E-state index contributed by atoms with van der Waals surface area (Å²) in [7, 11) is 0. The van der Waals surface area contributed by atoms with E-state index in [-0.39, 0.29) is 18.1 Å². The number of amides is 2. The number of hydrogen-bond acceptors (Lipinski definition) is 3. The minimum Gasteiger partial charge on any atom is -0.482 e. The van der Waals surface area contributed by atoms with Crippen LogP contribution in [0.4, 0.5) is 15.8 Å². The molecule has 3 aromatic rings. The van der Waals surface area contributed by atoms with Crippen molar-refractivity contribution >= 4 is 34.8 Å². The highest BCUT2D eigenvalue weighted by atomic mass is 35.5. The molecule has 0 bridgehead atoms. The van der Waals surface area contributed by atoms with Gasteiger partial charge < -0.3 is 15.0 Å². The number of carbonyl (C=O) groups excluding carboxylic acids is 2. The molecular formula is C22H16ClFN2O3. The van der Waals surface area contributed by atoms with Crippen LogP contribution >= 0.6 is 11.6 Å². The van der Waals surface area contributed by atoms with Crippen LogP contribution in [0.25, 0.3) is 0 Å². The molecular weight excluding hydrogens is 395 g/mol. The van der Waals surface area contributed by atoms with E-state index < -0.39 is 11.7 Å². The van der Waals surface area contributed by atoms with Crippen LogP contribution in [0.1, 0.15) is 15.9 Å². The smallest absolute Gasteiger partial charge is 0.265 e. The number of halogens is 2. The zero-order valence-corrected chi connectivity index (χ0v) is 15.9. The van der Waals surface area contributed by atoms with Gasteiger partial charge in [-0.3, -0.25) is 9.59 Å². The number of anilines is 2. The van der Waals surface area contributed by atoms with Gasteiger partial charge >= 0.3 is 0 Å². The predicted octanol–water partition coefficient (Wildman–Crippen LogP) is 4.66. The number of rotatable bonds is 4. The number of benzene rings is 3. The van der Waals surface area contributed by atoms with E-state index in [1.54, 1.807) is 35.2 Å². The lowest BCUT2D eigenvalue weighted by atomic mass is 10.1. The van der Waals surface area contributed by atoms with Crippen LogP contribution in [0, 0.1) is 5.82 Å². The second-order valence-electron chi connectivity index (χ2n) is 6.55. The molecule has 0 radical (unpaired) electrons. The van der Waals surface area contributed by atoms with E-state index >= 15 is 0 Å². The van der Waals surface area contributed by atoms with E-state index in [0.29, 0.717) is 28.7 Å². The fraction of sp³-hybridized carbons (Fsp3) is 0.0909. The van der Waals surface area contributed by atoms with Crippen LogP contribution in [0.2, 0.25) is 5.02 Å². The summed E-state index contributed by atoms with van der Waals surface area (Å²) in [5.74, 6) is -0.606. The van der Waals surface area contributed by atoms with Crippen molar-refractivity contribution in [3.05, 3.63) is 88.7 Å². The van der Waals surface area contributed by atoms with Crippen LogP contribution in [0.3, 0.4) is 0 Å². The highest BCUT2D eigenvalue weighted by molar-refractivity contribution is 6.30. The van der Waals surface area contributed by atoms with Crippen molar-refractivity contribution in [2.24, 2.45) is 0 Å². The molecule has 5 nitrogen and oxygen atoms in total. The van der Waals surface area contributed by atoms with Crippen molar-refractivity contribution in [1.82, 2.24) is 0 Å².